The third-order valence-electron chi connectivity index (χ3n) is 4.16. The van der Waals surface area contributed by atoms with E-state index in [1.54, 1.807) is 0 Å². The van der Waals surface area contributed by atoms with Crippen LogP contribution in [0.15, 0.2) is 12.4 Å². The van der Waals surface area contributed by atoms with Crippen LogP contribution in [0.3, 0.4) is 0 Å². The van der Waals surface area contributed by atoms with Crippen LogP contribution in [0.4, 0.5) is 0 Å². The summed E-state index contributed by atoms with van der Waals surface area (Å²) in [6, 6.07) is 0. The highest BCUT2D eigenvalue weighted by atomic mass is 15.2. The van der Waals surface area contributed by atoms with E-state index < -0.39 is 0 Å². The number of nitrogens with zero attached hydrogens (tertiary/aromatic N) is 3. The molecule has 0 saturated heterocycles. The van der Waals surface area contributed by atoms with Gasteiger partial charge >= 0.3 is 0 Å². The fourth-order valence-electron chi connectivity index (χ4n) is 3.22. The van der Waals surface area contributed by atoms with Gasteiger partial charge in [-0.25, -0.2) is 0 Å². The smallest absolute Gasteiger partial charge is 0.0534 e. The molecule has 0 spiro atoms. The van der Waals surface area contributed by atoms with Crippen LogP contribution in [0.2, 0.25) is 0 Å². The monoisotopic (exact) mass is 250 g/mol. The lowest BCUT2D eigenvalue weighted by atomic mass is 9.74. The van der Waals surface area contributed by atoms with E-state index in [1.165, 1.54) is 37.7 Å². The van der Waals surface area contributed by atoms with Gasteiger partial charge in [-0.15, -0.1) is 0 Å². The molecule has 1 aliphatic rings. The molecule has 0 bridgehead atoms. The Bertz CT molecular complexity index is 366. The predicted molar refractivity (Wildman–Crippen MR) is 74.1 cm³/mol. The number of rotatable bonds is 5. The fraction of sp³-hybridized carbons (Fsp3) is 0.786. The molecule has 2 N–H and O–H groups in total. The molecule has 102 valence electrons. The van der Waals surface area contributed by atoms with Gasteiger partial charge in [-0.2, -0.15) is 5.10 Å². The summed E-state index contributed by atoms with van der Waals surface area (Å²) in [6.45, 7) is 2.90. The molecular formula is C14H26N4. The van der Waals surface area contributed by atoms with Gasteiger partial charge < -0.3 is 10.6 Å². The molecule has 0 atom stereocenters. The molecule has 0 aliphatic heterocycles. The second-order valence-electron chi connectivity index (χ2n) is 5.96. The standard InChI is InChI=1S/C14H26N4/c1-17(9-13-8-16-18(2)10-13)12-14(11-15)6-4-3-5-7-14/h8,10H,3-7,9,11-12,15H2,1-2H3. The molecule has 0 aromatic carbocycles. The van der Waals surface area contributed by atoms with E-state index in [9.17, 15) is 0 Å². The van der Waals surface area contributed by atoms with E-state index in [1.807, 2.05) is 17.9 Å². The van der Waals surface area contributed by atoms with E-state index in [-0.39, 0.29) is 0 Å². The topological polar surface area (TPSA) is 47.1 Å². The van der Waals surface area contributed by atoms with Gasteiger partial charge in [-0.05, 0) is 31.8 Å². The summed E-state index contributed by atoms with van der Waals surface area (Å²) >= 11 is 0. The van der Waals surface area contributed by atoms with Crippen molar-refractivity contribution in [2.24, 2.45) is 18.2 Å². The average Bonchev–Trinajstić information content (AvgIpc) is 2.75. The lowest BCUT2D eigenvalue weighted by molar-refractivity contribution is 0.124. The van der Waals surface area contributed by atoms with Gasteiger partial charge in [0, 0.05) is 31.9 Å². The molecule has 4 heteroatoms. The number of nitrogens with two attached hydrogens (primary N) is 1. The van der Waals surface area contributed by atoms with Crippen molar-refractivity contribution in [3.8, 4) is 0 Å². The zero-order valence-corrected chi connectivity index (χ0v) is 11.7. The summed E-state index contributed by atoms with van der Waals surface area (Å²) in [5.74, 6) is 0. The maximum absolute atomic E-state index is 6.04. The average molecular weight is 250 g/mol. The first-order chi connectivity index (χ1) is 8.63. The van der Waals surface area contributed by atoms with E-state index in [2.05, 4.69) is 23.2 Å². The van der Waals surface area contributed by atoms with E-state index in [0.29, 0.717) is 5.41 Å². The molecule has 0 unspecified atom stereocenters. The van der Waals surface area contributed by atoms with Gasteiger partial charge in [-0.3, -0.25) is 4.68 Å². The van der Waals surface area contributed by atoms with Crippen LogP contribution in [0.25, 0.3) is 0 Å². The van der Waals surface area contributed by atoms with Crippen molar-refractivity contribution in [1.82, 2.24) is 14.7 Å². The molecule has 1 aromatic rings. The molecule has 1 aliphatic carbocycles. The minimum Gasteiger partial charge on any atom is -0.330 e. The summed E-state index contributed by atoms with van der Waals surface area (Å²) in [4.78, 5) is 2.40. The van der Waals surface area contributed by atoms with Crippen LogP contribution in [-0.2, 0) is 13.6 Å². The molecule has 0 amide bonds. The molecule has 1 heterocycles. The first-order valence-electron chi connectivity index (χ1n) is 7.00. The minimum atomic E-state index is 0.356. The van der Waals surface area contributed by atoms with Crippen LogP contribution in [0.5, 0.6) is 0 Å². The summed E-state index contributed by atoms with van der Waals surface area (Å²) in [5.41, 5.74) is 7.68. The summed E-state index contributed by atoms with van der Waals surface area (Å²) in [5, 5.41) is 4.22. The highest BCUT2D eigenvalue weighted by Crippen LogP contribution is 2.36. The van der Waals surface area contributed by atoms with Gasteiger partial charge in [0.05, 0.1) is 6.20 Å². The quantitative estimate of drug-likeness (QED) is 0.866. The van der Waals surface area contributed by atoms with Gasteiger partial charge in [0.1, 0.15) is 0 Å². The molecule has 4 nitrogen and oxygen atoms in total. The Balaban J connectivity index is 1.90. The van der Waals surface area contributed by atoms with Crippen molar-refractivity contribution in [2.75, 3.05) is 20.1 Å². The van der Waals surface area contributed by atoms with Crippen molar-refractivity contribution in [3.05, 3.63) is 18.0 Å². The number of aromatic nitrogens is 2. The van der Waals surface area contributed by atoms with Gasteiger partial charge in [0.15, 0.2) is 0 Å². The van der Waals surface area contributed by atoms with Crippen LogP contribution < -0.4 is 5.73 Å². The normalized spacial score (nSPS) is 19.3. The van der Waals surface area contributed by atoms with E-state index >= 15 is 0 Å². The zero-order chi connectivity index (χ0) is 13.0. The Morgan fingerprint density at radius 3 is 2.67 bits per heavy atom. The maximum Gasteiger partial charge on any atom is 0.0534 e. The Hall–Kier alpha value is -0.870. The lowest BCUT2D eigenvalue weighted by Gasteiger charge is -2.39. The van der Waals surface area contributed by atoms with E-state index in [0.717, 1.165) is 19.6 Å². The first kappa shape index (κ1) is 13.6. The summed E-state index contributed by atoms with van der Waals surface area (Å²) in [6.07, 6.45) is 10.7. The van der Waals surface area contributed by atoms with Crippen LogP contribution in [0, 0.1) is 5.41 Å². The van der Waals surface area contributed by atoms with Gasteiger partial charge in [0.2, 0.25) is 0 Å². The van der Waals surface area contributed by atoms with Crippen molar-refractivity contribution in [3.63, 3.8) is 0 Å². The Labute approximate surface area is 110 Å². The number of hydrogen-bond acceptors (Lipinski definition) is 3. The van der Waals surface area contributed by atoms with Crippen molar-refractivity contribution >= 4 is 0 Å². The summed E-state index contributed by atoms with van der Waals surface area (Å²) < 4.78 is 1.86. The minimum absolute atomic E-state index is 0.356. The van der Waals surface area contributed by atoms with Crippen molar-refractivity contribution < 1.29 is 0 Å². The second kappa shape index (κ2) is 5.85. The van der Waals surface area contributed by atoms with Gasteiger partial charge in [-0.1, -0.05) is 19.3 Å². The highest BCUT2D eigenvalue weighted by Gasteiger charge is 2.31. The second-order valence-corrected chi connectivity index (χ2v) is 5.96. The summed E-state index contributed by atoms with van der Waals surface area (Å²) in [7, 11) is 4.16. The molecule has 2 rings (SSSR count). The largest absolute Gasteiger partial charge is 0.330 e. The Kier molecular flexibility index (Phi) is 4.40. The number of hydrogen-bond donors (Lipinski definition) is 1. The molecule has 1 aromatic heterocycles. The molecule has 1 saturated carbocycles. The third-order valence-corrected chi connectivity index (χ3v) is 4.16. The van der Waals surface area contributed by atoms with Crippen LogP contribution >= 0.6 is 0 Å². The molecular weight excluding hydrogens is 224 g/mol. The molecule has 18 heavy (non-hydrogen) atoms. The number of aryl methyl sites for hydroxylation is 1. The zero-order valence-electron chi connectivity index (χ0n) is 11.7. The fourth-order valence-corrected chi connectivity index (χ4v) is 3.22. The SMILES string of the molecule is CN(Cc1cnn(C)c1)CC1(CN)CCCCC1. The molecule has 0 radical (unpaired) electrons. The highest BCUT2D eigenvalue weighted by molar-refractivity contribution is 5.03. The van der Waals surface area contributed by atoms with Crippen LogP contribution in [0.1, 0.15) is 37.7 Å². The van der Waals surface area contributed by atoms with Crippen LogP contribution in [-0.4, -0.2) is 34.8 Å². The van der Waals surface area contributed by atoms with Crippen molar-refractivity contribution in [1.29, 1.82) is 0 Å². The predicted octanol–water partition coefficient (Wildman–Crippen LogP) is 1.76. The Morgan fingerprint density at radius 2 is 2.11 bits per heavy atom. The van der Waals surface area contributed by atoms with Crippen molar-refractivity contribution in [2.45, 2.75) is 38.6 Å². The Morgan fingerprint density at radius 1 is 1.39 bits per heavy atom. The first-order valence-corrected chi connectivity index (χ1v) is 7.00. The maximum atomic E-state index is 6.04. The third kappa shape index (κ3) is 3.33. The lowest BCUT2D eigenvalue weighted by Crippen LogP contribution is -2.42. The molecule has 1 fully saturated rings. The van der Waals surface area contributed by atoms with Gasteiger partial charge in [0.25, 0.3) is 0 Å². The van der Waals surface area contributed by atoms with E-state index in [4.69, 9.17) is 5.73 Å².